The molecule has 24 heavy (non-hydrogen) atoms. The fraction of sp³-hybridized carbons (Fsp3) is 0.400. The Bertz CT molecular complexity index is 629. The lowest BCUT2D eigenvalue weighted by Gasteiger charge is -2.17. The van der Waals surface area contributed by atoms with Gasteiger partial charge in [0, 0.05) is 17.9 Å². The van der Waals surface area contributed by atoms with Crippen LogP contribution in [-0.4, -0.2) is 36.4 Å². The largest absolute Gasteiger partial charge is 0.416 e. The molecule has 5 nitrogen and oxygen atoms in total. The Morgan fingerprint density at radius 1 is 1.38 bits per heavy atom. The predicted octanol–water partition coefficient (Wildman–Crippen LogP) is 2.20. The van der Waals surface area contributed by atoms with Gasteiger partial charge in [0.2, 0.25) is 5.91 Å². The van der Waals surface area contributed by atoms with Crippen molar-refractivity contribution in [2.75, 3.05) is 18.6 Å². The molecule has 1 rings (SSSR count). The van der Waals surface area contributed by atoms with Gasteiger partial charge in [0.05, 0.1) is 18.1 Å². The molecule has 0 saturated carbocycles. The Morgan fingerprint density at radius 3 is 2.67 bits per heavy atom. The van der Waals surface area contributed by atoms with Gasteiger partial charge in [0.25, 0.3) is 5.91 Å². The van der Waals surface area contributed by atoms with E-state index in [4.69, 9.17) is 5.26 Å². The first-order chi connectivity index (χ1) is 11.3. The second kappa shape index (κ2) is 9.17. The summed E-state index contributed by atoms with van der Waals surface area (Å²) in [5, 5.41) is 13.3. The lowest BCUT2D eigenvalue weighted by atomic mass is 10.1. The topological polar surface area (TPSA) is 82.0 Å². The summed E-state index contributed by atoms with van der Waals surface area (Å²) in [6.45, 7) is 0.139. The second-order valence-corrected chi connectivity index (χ2v) is 5.67. The summed E-state index contributed by atoms with van der Waals surface area (Å²) in [6.07, 6.45) is -2.70. The van der Waals surface area contributed by atoms with Crippen LogP contribution in [0.2, 0.25) is 0 Å². The number of amides is 2. The van der Waals surface area contributed by atoms with E-state index in [0.717, 1.165) is 18.2 Å². The average Bonchev–Trinajstić information content (AvgIpc) is 2.53. The van der Waals surface area contributed by atoms with Crippen molar-refractivity contribution in [1.29, 1.82) is 5.26 Å². The molecule has 2 N–H and O–H groups in total. The van der Waals surface area contributed by atoms with Crippen LogP contribution in [0.1, 0.15) is 22.3 Å². The average molecular weight is 359 g/mol. The maximum Gasteiger partial charge on any atom is 0.416 e. The molecule has 0 aliphatic carbocycles. The van der Waals surface area contributed by atoms with Crippen molar-refractivity contribution >= 4 is 23.6 Å². The standard InChI is InChI=1S/C15H16F3N3O2S/c1-24-9-12(14(23)20-7-3-6-19)21-13(22)10-4-2-5-11(8-10)15(16,17)18/h2,4-5,8,12H,3,7,9H2,1H3,(H,20,23)(H,21,22). The first-order valence-corrected chi connectivity index (χ1v) is 8.30. The molecular formula is C15H16F3N3O2S. The van der Waals surface area contributed by atoms with E-state index in [1.807, 2.05) is 6.07 Å². The Hall–Kier alpha value is -2.21. The minimum atomic E-state index is -4.55. The summed E-state index contributed by atoms with van der Waals surface area (Å²) >= 11 is 1.30. The SMILES string of the molecule is CSCC(NC(=O)c1cccc(C(F)(F)F)c1)C(=O)NCCC#N. The molecule has 0 heterocycles. The molecule has 0 aliphatic heterocycles. The van der Waals surface area contributed by atoms with E-state index in [9.17, 15) is 22.8 Å². The zero-order valence-electron chi connectivity index (χ0n) is 12.8. The van der Waals surface area contributed by atoms with E-state index in [-0.39, 0.29) is 24.3 Å². The molecule has 0 bridgehead atoms. The number of hydrogen-bond donors (Lipinski definition) is 2. The number of hydrogen-bond acceptors (Lipinski definition) is 4. The third kappa shape index (κ3) is 6.12. The highest BCUT2D eigenvalue weighted by Crippen LogP contribution is 2.29. The smallest absolute Gasteiger partial charge is 0.353 e. The number of nitrogens with one attached hydrogen (secondary N) is 2. The summed E-state index contributed by atoms with van der Waals surface area (Å²) in [6, 6.07) is 4.94. The Labute approximate surface area is 141 Å². The summed E-state index contributed by atoms with van der Waals surface area (Å²) in [7, 11) is 0. The summed E-state index contributed by atoms with van der Waals surface area (Å²) < 4.78 is 38.1. The fourth-order valence-corrected chi connectivity index (χ4v) is 2.36. The minimum Gasteiger partial charge on any atom is -0.353 e. The third-order valence-corrected chi connectivity index (χ3v) is 3.61. The zero-order chi connectivity index (χ0) is 18.2. The molecule has 0 aliphatic rings. The van der Waals surface area contributed by atoms with Gasteiger partial charge in [-0.1, -0.05) is 6.07 Å². The molecule has 0 fully saturated rings. The highest BCUT2D eigenvalue weighted by molar-refractivity contribution is 7.98. The van der Waals surface area contributed by atoms with Gasteiger partial charge >= 0.3 is 6.18 Å². The van der Waals surface area contributed by atoms with Crippen LogP contribution >= 0.6 is 11.8 Å². The molecule has 130 valence electrons. The highest BCUT2D eigenvalue weighted by Gasteiger charge is 2.31. The number of nitrogens with zero attached hydrogens (tertiary/aromatic N) is 1. The maximum atomic E-state index is 12.7. The van der Waals surface area contributed by atoms with E-state index in [2.05, 4.69) is 10.6 Å². The number of carbonyl (C=O) groups excluding carboxylic acids is 2. The van der Waals surface area contributed by atoms with E-state index >= 15 is 0 Å². The van der Waals surface area contributed by atoms with Crippen LogP contribution in [0, 0.1) is 11.3 Å². The zero-order valence-corrected chi connectivity index (χ0v) is 13.6. The number of thioether (sulfide) groups is 1. The number of halogens is 3. The van der Waals surface area contributed by atoms with Crippen LogP contribution in [0.3, 0.4) is 0 Å². The first-order valence-electron chi connectivity index (χ1n) is 6.91. The van der Waals surface area contributed by atoms with E-state index < -0.39 is 29.6 Å². The number of nitriles is 1. The van der Waals surface area contributed by atoms with Crippen molar-refractivity contribution < 1.29 is 22.8 Å². The molecule has 0 aromatic heterocycles. The molecule has 0 radical (unpaired) electrons. The summed E-state index contributed by atoms with van der Waals surface area (Å²) in [5.41, 5.74) is -1.12. The first kappa shape index (κ1) is 19.8. The van der Waals surface area contributed by atoms with Crippen LogP contribution < -0.4 is 10.6 Å². The van der Waals surface area contributed by atoms with Gasteiger partial charge in [-0.15, -0.1) is 0 Å². The predicted molar refractivity (Wildman–Crippen MR) is 84.3 cm³/mol. The van der Waals surface area contributed by atoms with Crippen molar-refractivity contribution in [2.24, 2.45) is 0 Å². The lowest BCUT2D eigenvalue weighted by molar-refractivity contribution is -0.137. The summed E-state index contributed by atoms with van der Waals surface area (Å²) in [4.78, 5) is 24.1. The minimum absolute atomic E-state index is 0.124. The molecule has 9 heteroatoms. The lowest BCUT2D eigenvalue weighted by Crippen LogP contribution is -2.48. The van der Waals surface area contributed by atoms with Crippen molar-refractivity contribution in [2.45, 2.75) is 18.6 Å². The van der Waals surface area contributed by atoms with Gasteiger partial charge in [-0.2, -0.15) is 30.2 Å². The Morgan fingerprint density at radius 2 is 2.08 bits per heavy atom. The number of rotatable bonds is 7. The van der Waals surface area contributed by atoms with Gasteiger partial charge in [-0.05, 0) is 24.5 Å². The van der Waals surface area contributed by atoms with Crippen molar-refractivity contribution in [3.8, 4) is 6.07 Å². The molecular weight excluding hydrogens is 343 g/mol. The normalized spacial score (nSPS) is 12.1. The maximum absolute atomic E-state index is 12.7. The molecule has 1 unspecified atom stereocenters. The fourth-order valence-electron chi connectivity index (χ4n) is 1.79. The molecule has 2 amide bonds. The van der Waals surface area contributed by atoms with Gasteiger partial charge in [0.15, 0.2) is 0 Å². The number of alkyl halides is 3. The van der Waals surface area contributed by atoms with Crippen LogP contribution in [0.25, 0.3) is 0 Å². The second-order valence-electron chi connectivity index (χ2n) is 4.76. The van der Waals surface area contributed by atoms with Gasteiger partial charge < -0.3 is 10.6 Å². The van der Waals surface area contributed by atoms with E-state index in [1.165, 1.54) is 17.8 Å². The number of carbonyl (C=O) groups is 2. The Kier molecular flexibility index (Phi) is 7.58. The van der Waals surface area contributed by atoms with Gasteiger partial charge in [-0.3, -0.25) is 9.59 Å². The van der Waals surface area contributed by atoms with Crippen molar-refractivity contribution in [3.63, 3.8) is 0 Å². The summed E-state index contributed by atoms with van der Waals surface area (Å²) in [5.74, 6) is -1.00. The van der Waals surface area contributed by atoms with Crippen molar-refractivity contribution in [3.05, 3.63) is 35.4 Å². The molecule has 0 saturated heterocycles. The molecule has 1 atom stereocenters. The van der Waals surface area contributed by atoms with Crippen molar-refractivity contribution in [1.82, 2.24) is 10.6 Å². The van der Waals surface area contributed by atoms with Crippen LogP contribution in [0.4, 0.5) is 13.2 Å². The highest BCUT2D eigenvalue weighted by atomic mass is 32.2. The van der Waals surface area contributed by atoms with Crippen LogP contribution in [0.5, 0.6) is 0 Å². The van der Waals surface area contributed by atoms with Gasteiger partial charge in [-0.25, -0.2) is 0 Å². The third-order valence-electron chi connectivity index (χ3n) is 2.94. The molecule has 1 aromatic rings. The van der Waals surface area contributed by atoms with E-state index in [1.54, 1.807) is 6.26 Å². The molecule has 1 aromatic carbocycles. The van der Waals surface area contributed by atoms with Crippen LogP contribution in [-0.2, 0) is 11.0 Å². The van der Waals surface area contributed by atoms with E-state index in [0.29, 0.717) is 0 Å². The molecule has 0 spiro atoms. The number of benzene rings is 1. The van der Waals surface area contributed by atoms with Gasteiger partial charge in [0.1, 0.15) is 6.04 Å². The van der Waals surface area contributed by atoms with Crippen LogP contribution in [0.15, 0.2) is 24.3 Å². The monoisotopic (exact) mass is 359 g/mol. The quantitative estimate of drug-likeness (QED) is 0.731. The Balaban J connectivity index is 2.82.